The minimum Gasteiger partial charge on any atom is -0.464 e. The molecule has 4 N–H and O–H groups in total. The number of nitriles is 1. The minimum absolute atomic E-state index is 0.150. The van der Waals surface area contributed by atoms with Crippen LogP contribution >= 0.6 is 0 Å². The molecule has 26 heavy (non-hydrogen) atoms. The molecule has 8 nitrogen and oxygen atoms in total. The highest BCUT2D eigenvalue weighted by Gasteiger charge is 2.32. The van der Waals surface area contributed by atoms with Crippen molar-refractivity contribution in [2.24, 2.45) is 5.73 Å². The number of methoxy groups -OCH3 is 1. The van der Waals surface area contributed by atoms with Crippen LogP contribution in [0.25, 0.3) is 5.69 Å². The number of anilines is 1. The standard InChI is InChI=1S/C15H11F3N4O4/c1-25-14(24)12-11(20)7(5-19)6-22(12)10-4-8(26-15(16,17)18)2-3-9(10)13(21)23/h2-4,6H,20H2,1H3,(H2,21,23). The van der Waals surface area contributed by atoms with Gasteiger partial charge in [-0.3, -0.25) is 4.79 Å². The van der Waals surface area contributed by atoms with Gasteiger partial charge in [0.25, 0.3) is 5.91 Å². The molecule has 0 unspecified atom stereocenters. The Kier molecular flexibility index (Phi) is 4.79. The Labute approximate surface area is 144 Å². The van der Waals surface area contributed by atoms with E-state index in [1.165, 1.54) is 0 Å². The fraction of sp³-hybridized carbons (Fsp3) is 0.133. The topological polar surface area (TPSA) is 133 Å². The van der Waals surface area contributed by atoms with E-state index in [0.29, 0.717) is 0 Å². The van der Waals surface area contributed by atoms with E-state index in [2.05, 4.69) is 9.47 Å². The van der Waals surface area contributed by atoms with Crippen molar-refractivity contribution in [2.45, 2.75) is 6.36 Å². The van der Waals surface area contributed by atoms with E-state index in [1.807, 2.05) is 0 Å². The lowest BCUT2D eigenvalue weighted by Gasteiger charge is -2.15. The average Bonchev–Trinajstić information content (AvgIpc) is 2.88. The van der Waals surface area contributed by atoms with Gasteiger partial charge >= 0.3 is 12.3 Å². The molecule has 1 aromatic carbocycles. The van der Waals surface area contributed by atoms with Crippen molar-refractivity contribution in [2.75, 3.05) is 12.8 Å². The van der Waals surface area contributed by atoms with Crippen molar-refractivity contribution in [3.05, 3.63) is 41.2 Å². The molecule has 0 atom stereocenters. The molecule has 0 fully saturated rings. The molecule has 1 heterocycles. The van der Waals surface area contributed by atoms with E-state index in [-0.39, 0.29) is 28.2 Å². The van der Waals surface area contributed by atoms with Crippen molar-refractivity contribution in [1.82, 2.24) is 4.57 Å². The number of carbonyl (C=O) groups excluding carboxylic acids is 2. The van der Waals surface area contributed by atoms with Crippen LogP contribution < -0.4 is 16.2 Å². The molecule has 0 saturated heterocycles. The maximum absolute atomic E-state index is 12.5. The molecule has 1 amide bonds. The summed E-state index contributed by atoms with van der Waals surface area (Å²) in [5, 5.41) is 9.08. The second-order valence-corrected chi connectivity index (χ2v) is 4.87. The third-order valence-corrected chi connectivity index (χ3v) is 3.27. The number of carbonyl (C=O) groups is 2. The van der Waals surface area contributed by atoms with Crippen LogP contribution in [0, 0.1) is 11.3 Å². The molecule has 0 bridgehead atoms. The normalized spacial score (nSPS) is 10.9. The van der Waals surface area contributed by atoms with Crippen molar-refractivity contribution in [3.63, 3.8) is 0 Å². The van der Waals surface area contributed by atoms with Crippen molar-refractivity contribution in [1.29, 1.82) is 5.26 Å². The Morgan fingerprint density at radius 1 is 1.31 bits per heavy atom. The predicted molar refractivity (Wildman–Crippen MR) is 81.4 cm³/mol. The van der Waals surface area contributed by atoms with Crippen LogP contribution in [0.5, 0.6) is 5.75 Å². The number of ether oxygens (including phenoxy) is 2. The summed E-state index contributed by atoms with van der Waals surface area (Å²) in [7, 11) is 1.04. The minimum atomic E-state index is -4.98. The van der Waals surface area contributed by atoms with E-state index in [9.17, 15) is 22.8 Å². The first-order valence-electron chi connectivity index (χ1n) is 6.78. The predicted octanol–water partition coefficient (Wildman–Crippen LogP) is 1.72. The summed E-state index contributed by atoms with van der Waals surface area (Å²) in [6.07, 6.45) is -3.91. The molecule has 11 heteroatoms. The number of nitrogens with two attached hydrogens (primary N) is 2. The highest BCUT2D eigenvalue weighted by molar-refractivity contribution is 5.99. The third kappa shape index (κ3) is 3.54. The molecular weight excluding hydrogens is 357 g/mol. The van der Waals surface area contributed by atoms with Crippen molar-refractivity contribution >= 4 is 17.6 Å². The number of rotatable bonds is 4. The zero-order valence-electron chi connectivity index (χ0n) is 13.1. The number of hydrogen-bond donors (Lipinski definition) is 2. The summed E-state index contributed by atoms with van der Waals surface area (Å²) in [4.78, 5) is 23.6. The Morgan fingerprint density at radius 2 is 1.96 bits per heavy atom. The fourth-order valence-corrected chi connectivity index (χ4v) is 2.22. The number of halogens is 3. The van der Waals surface area contributed by atoms with Crippen LogP contribution in [0.1, 0.15) is 26.4 Å². The van der Waals surface area contributed by atoms with Crippen LogP contribution in [0.2, 0.25) is 0 Å². The summed E-state index contributed by atoms with van der Waals surface area (Å²) < 4.78 is 46.7. The number of nitrogen functional groups attached to an aromatic ring is 1. The number of primary amides is 1. The van der Waals surface area contributed by atoms with Crippen molar-refractivity contribution < 1.29 is 32.2 Å². The number of hydrogen-bond acceptors (Lipinski definition) is 6. The van der Waals surface area contributed by atoms with E-state index in [4.69, 9.17) is 16.7 Å². The summed E-state index contributed by atoms with van der Waals surface area (Å²) >= 11 is 0. The smallest absolute Gasteiger partial charge is 0.464 e. The quantitative estimate of drug-likeness (QED) is 0.789. The molecule has 0 aliphatic rings. The van der Waals surface area contributed by atoms with Gasteiger partial charge in [0, 0.05) is 12.3 Å². The van der Waals surface area contributed by atoms with Crippen LogP contribution in [0.3, 0.4) is 0 Å². The molecule has 1 aromatic heterocycles. The molecule has 0 aliphatic carbocycles. The lowest BCUT2D eigenvalue weighted by molar-refractivity contribution is -0.274. The van der Waals surface area contributed by atoms with Gasteiger partial charge in [0.05, 0.1) is 29.6 Å². The van der Waals surface area contributed by atoms with Gasteiger partial charge in [-0.25, -0.2) is 4.79 Å². The number of nitrogens with zero attached hydrogens (tertiary/aromatic N) is 2. The van der Waals surface area contributed by atoms with Crippen LogP contribution in [0.4, 0.5) is 18.9 Å². The molecular formula is C15H11F3N4O4. The second-order valence-electron chi connectivity index (χ2n) is 4.87. The Bertz CT molecular complexity index is 928. The van der Waals surface area contributed by atoms with Crippen LogP contribution in [-0.4, -0.2) is 29.9 Å². The first kappa shape index (κ1) is 18.7. The summed E-state index contributed by atoms with van der Waals surface area (Å²) in [6.45, 7) is 0. The average molecular weight is 368 g/mol. The second kappa shape index (κ2) is 6.67. The SMILES string of the molecule is COC(=O)c1c(N)c(C#N)cn1-c1cc(OC(F)(F)F)ccc1C(N)=O. The first-order valence-corrected chi connectivity index (χ1v) is 6.78. The highest BCUT2D eigenvalue weighted by atomic mass is 19.4. The van der Waals surface area contributed by atoms with E-state index in [0.717, 1.165) is 36.1 Å². The van der Waals surface area contributed by atoms with E-state index < -0.39 is 24.0 Å². The maximum atomic E-state index is 12.5. The Hall–Kier alpha value is -3.68. The molecule has 2 aromatic rings. The van der Waals surface area contributed by atoms with E-state index in [1.54, 1.807) is 6.07 Å². The number of amides is 1. The number of alkyl halides is 3. The molecule has 136 valence electrons. The van der Waals surface area contributed by atoms with Gasteiger partial charge in [0.15, 0.2) is 5.69 Å². The number of esters is 1. The fourth-order valence-electron chi connectivity index (χ4n) is 2.22. The zero-order valence-corrected chi connectivity index (χ0v) is 13.1. The summed E-state index contributed by atoms with van der Waals surface area (Å²) in [6, 6.07) is 4.43. The monoisotopic (exact) mass is 368 g/mol. The van der Waals surface area contributed by atoms with Gasteiger partial charge in [-0.15, -0.1) is 13.2 Å². The Balaban J connectivity index is 2.78. The van der Waals surface area contributed by atoms with E-state index >= 15 is 0 Å². The molecule has 0 spiro atoms. The van der Waals surface area contributed by atoms with Gasteiger partial charge in [-0.05, 0) is 12.1 Å². The Morgan fingerprint density at radius 3 is 2.46 bits per heavy atom. The molecule has 0 saturated carbocycles. The van der Waals surface area contributed by atoms with Crippen molar-refractivity contribution in [3.8, 4) is 17.5 Å². The van der Waals surface area contributed by atoms with Gasteiger partial charge < -0.3 is 25.5 Å². The number of aromatic nitrogens is 1. The molecule has 0 aliphatic heterocycles. The lowest BCUT2D eigenvalue weighted by Crippen LogP contribution is -2.20. The largest absolute Gasteiger partial charge is 0.573 e. The lowest BCUT2D eigenvalue weighted by atomic mass is 10.1. The van der Waals surface area contributed by atoms with Gasteiger partial charge in [-0.1, -0.05) is 0 Å². The molecule has 2 rings (SSSR count). The third-order valence-electron chi connectivity index (χ3n) is 3.27. The molecule has 0 radical (unpaired) electrons. The van der Waals surface area contributed by atoms with Crippen LogP contribution in [-0.2, 0) is 4.74 Å². The maximum Gasteiger partial charge on any atom is 0.573 e. The first-order chi connectivity index (χ1) is 12.1. The highest BCUT2D eigenvalue weighted by Crippen LogP contribution is 2.31. The number of benzene rings is 1. The van der Waals surface area contributed by atoms with Gasteiger partial charge in [0.2, 0.25) is 0 Å². The summed E-state index contributed by atoms with van der Waals surface area (Å²) in [5.74, 6) is -2.62. The summed E-state index contributed by atoms with van der Waals surface area (Å²) in [5.41, 5.74) is 9.72. The zero-order chi connectivity index (χ0) is 19.6. The van der Waals surface area contributed by atoms with Gasteiger partial charge in [0.1, 0.15) is 11.8 Å². The van der Waals surface area contributed by atoms with Gasteiger partial charge in [-0.2, -0.15) is 5.26 Å². The van der Waals surface area contributed by atoms with Crippen LogP contribution in [0.15, 0.2) is 24.4 Å².